The molecule has 94 valence electrons. The number of benzene rings is 1. The van der Waals surface area contributed by atoms with E-state index in [1.165, 1.54) is 25.3 Å². The summed E-state index contributed by atoms with van der Waals surface area (Å²) in [5.74, 6) is -0.177. The van der Waals surface area contributed by atoms with Gasteiger partial charge in [-0.05, 0) is 49.4 Å². The van der Waals surface area contributed by atoms with Gasteiger partial charge in [-0.3, -0.25) is 0 Å². The molecule has 1 fully saturated rings. The second kappa shape index (κ2) is 5.50. The van der Waals surface area contributed by atoms with Crippen LogP contribution in [0.5, 0.6) is 0 Å². The number of nitrogens with two attached hydrogens (primary N) is 1. The van der Waals surface area contributed by atoms with Crippen molar-refractivity contribution in [2.24, 2.45) is 5.73 Å². The Morgan fingerprint density at radius 2 is 2.18 bits per heavy atom. The molecule has 2 N–H and O–H groups in total. The average Bonchev–Trinajstić information content (AvgIpc) is 2.37. The third-order valence-electron chi connectivity index (χ3n) is 3.61. The topological polar surface area (TPSA) is 29.3 Å². The molecular weight excluding hydrogens is 215 g/mol. The van der Waals surface area contributed by atoms with Gasteiger partial charge in [0, 0.05) is 24.8 Å². The summed E-state index contributed by atoms with van der Waals surface area (Å²) in [6.45, 7) is 3.63. The van der Waals surface area contributed by atoms with Crippen molar-refractivity contribution in [3.05, 3.63) is 29.6 Å². The zero-order valence-electron chi connectivity index (χ0n) is 10.5. The summed E-state index contributed by atoms with van der Waals surface area (Å²) >= 11 is 0. The van der Waals surface area contributed by atoms with E-state index in [0.717, 1.165) is 24.2 Å². The highest BCUT2D eigenvalue weighted by atomic mass is 19.1. The Hall–Kier alpha value is -1.09. The fraction of sp³-hybridized carbons (Fsp3) is 0.571. The van der Waals surface area contributed by atoms with E-state index in [0.29, 0.717) is 12.6 Å². The van der Waals surface area contributed by atoms with Crippen molar-refractivity contribution in [3.63, 3.8) is 0 Å². The quantitative estimate of drug-likeness (QED) is 0.874. The van der Waals surface area contributed by atoms with Gasteiger partial charge in [0.1, 0.15) is 5.82 Å². The van der Waals surface area contributed by atoms with Gasteiger partial charge in [0.2, 0.25) is 0 Å². The first-order chi connectivity index (χ1) is 8.24. The molecule has 1 unspecified atom stereocenters. The van der Waals surface area contributed by atoms with Crippen molar-refractivity contribution in [2.45, 2.75) is 45.2 Å². The van der Waals surface area contributed by atoms with Gasteiger partial charge >= 0.3 is 0 Å². The second-order valence-electron chi connectivity index (χ2n) is 4.77. The van der Waals surface area contributed by atoms with Crippen LogP contribution >= 0.6 is 0 Å². The van der Waals surface area contributed by atoms with Crippen molar-refractivity contribution in [2.75, 3.05) is 11.4 Å². The molecule has 17 heavy (non-hydrogen) atoms. The van der Waals surface area contributed by atoms with Crippen LogP contribution in [0.2, 0.25) is 0 Å². The molecule has 2 rings (SSSR count). The highest BCUT2D eigenvalue weighted by molar-refractivity contribution is 5.50. The zero-order chi connectivity index (χ0) is 12.3. The predicted octanol–water partition coefficient (Wildman–Crippen LogP) is 3.05. The van der Waals surface area contributed by atoms with Crippen molar-refractivity contribution in [1.29, 1.82) is 0 Å². The Morgan fingerprint density at radius 1 is 1.35 bits per heavy atom. The third-order valence-corrected chi connectivity index (χ3v) is 3.61. The minimum Gasteiger partial charge on any atom is -0.368 e. The molecule has 0 amide bonds. The van der Waals surface area contributed by atoms with E-state index in [1.807, 2.05) is 6.07 Å². The van der Waals surface area contributed by atoms with Crippen LogP contribution in [0.3, 0.4) is 0 Å². The number of hydrogen-bond donors (Lipinski definition) is 1. The Bertz CT molecular complexity index is 378. The van der Waals surface area contributed by atoms with E-state index >= 15 is 0 Å². The summed E-state index contributed by atoms with van der Waals surface area (Å²) in [4.78, 5) is 2.34. The monoisotopic (exact) mass is 236 g/mol. The molecule has 0 bridgehead atoms. The number of piperidine rings is 1. The van der Waals surface area contributed by atoms with Crippen LogP contribution in [-0.4, -0.2) is 12.6 Å². The van der Waals surface area contributed by atoms with Crippen LogP contribution in [-0.2, 0) is 6.54 Å². The predicted molar refractivity (Wildman–Crippen MR) is 69.6 cm³/mol. The fourth-order valence-electron chi connectivity index (χ4n) is 2.68. The normalized spacial score (nSPS) is 20.6. The average molecular weight is 236 g/mol. The third kappa shape index (κ3) is 2.78. The number of halogens is 1. The van der Waals surface area contributed by atoms with Gasteiger partial charge in [-0.15, -0.1) is 0 Å². The highest BCUT2D eigenvalue weighted by Gasteiger charge is 2.21. The van der Waals surface area contributed by atoms with E-state index in [1.54, 1.807) is 6.07 Å². The van der Waals surface area contributed by atoms with Crippen molar-refractivity contribution < 1.29 is 4.39 Å². The maximum atomic E-state index is 13.5. The first-order valence-electron chi connectivity index (χ1n) is 6.50. The van der Waals surface area contributed by atoms with Crippen LogP contribution in [0, 0.1) is 5.82 Å². The molecule has 0 aromatic heterocycles. The molecule has 0 spiro atoms. The van der Waals surface area contributed by atoms with Crippen LogP contribution in [0.25, 0.3) is 0 Å². The molecule has 1 aromatic carbocycles. The minimum atomic E-state index is -0.177. The largest absolute Gasteiger partial charge is 0.368 e. The van der Waals surface area contributed by atoms with Gasteiger partial charge in [-0.1, -0.05) is 6.92 Å². The maximum absolute atomic E-state index is 13.5. The van der Waals surface area contributed by atoms with Crippen molar-refractivity contribution in [1.82, 2.24) is 0 Å². The Labute approximate surface area is 103 Å². The van der Waals surface area contributed by atoms with Crippen LogP contribution in [0.15, 0.2) is 18.2 Å². The van der Waals surface area contributed by atoms with Gasteiger partial charge in [-0.2, -0.15) is 0 Å². The number of rotatable bonds is 3. The van der Waals surface area contributed by atoms with Gasteiger partial charge in [0.25, 0.3) is 0 Å². The highest BCUT2D eigenvalue weighted by Crippen LogP contribution is 2.27. The summed E-state index contributed by atoms with van der Waals surface area (Å²) in [5.41, 5.74) is 7.47. The first kappa shape index (κ1) is 12.4. The molecule has 1 aliphatic rings. The molecule has 2 nitrogen and oxygen atoms in total. The van der Waals surface area contributed by atoms with Crippen molar-refractivity contribution in [3.8, 4) is 0 Å². The summed E-state index contributed by atoms with van der Waals surface area (Å²) in [5, 5.41) is 0. The molecule has 1 heterocycles. The van der Waals surface area contributed by atoms with Crippen molar-refractivity contribution >= 4 is 5.69 Å². The Morgan fingerprint density at radius 3 is 2.88 bits per heavy atom. The van der Waals surface area contributed by atoms with E-state index in [2.05, 4.69) is 11.8 Å². The van der Waals surface area contributed by atoms with Gasteiger partial charge in [0.05, 0.1) is 0 Å². The molecular formula is C14H21FN2. The molecule has 1 aliphatic heterocycles. The SMILES string of the molecule is CCC1CCCCN1c1cc(F)cc(CN)c1. The number of hydrogen-bond acceptors (Lipinski definition) is 2. The fourth-order valence-corrected chi connectivity index (χ4v) is 2.68. The van der Waals surface area contributed by atoms with Crippen LogP contribution in [0.1, 0.15) is 38.2 Å². The lowest BCUT2D eigenvalue weighted by Gasteiger charge is -2.37. The molecule has 1 saturated heterocycles. The smallest absolute Gasteiger partial charge is 0.125 e. The van der Waals surface area contributed by atoms with E-state index in [4.69, 9.17) is 5.73 Å². The van der Waals surface area contributed by atoms with Crippen LogP contribution < -0.4 is 10.6 Å². The Kier molecular flexibility index (Phi) is 4.00. The van der Waals surface area contributed by atoms with E-state index < -0.39 is 0 Å². The minimum absolute atomic E-state index is 0.177. The molecule has 1 atom stereocenters. The molecule has 0 aliphatic carbocycles. The first-order valence-corrected chi connectivity index (χ1v) is 6.50. The van der Waals surface area contributed by atoms with E-state index in [-0.39, 0.29) is 5.82 Å². The van der Waals surface area contributed by atoms with Gasteiger partial charge < -0.3 is 10.6 Å². The second-order valence-corrected chi connectivity index (χ2v) is 4.77. The number of nitrogens with zero attached hydrogens (tertiary/aromatic N) is 1. The lowest BCUT2D eigenvalue weighted by molar-refractivity contribution is 0.449. The van der Waals surface area contributed by atoms with E-state index in [9.17, 15) is 4.39 Å². The number of anilines is 1. The summed E-state index contributed by atoms with van der Waals surface area (Å²) in [6.07, 6.45) is 4.82. The zero-order valence-corrected chi connectivity index (χ0v) is 10.5. The molecule has 1 aromatic rings. The van der Waals surface area contributed by atoms with Gasteiger partial charge in [-0.25, -0.2) is 4.39 Å². The maximum Gasteiger partial charge on any atom is 0.125 e. The summed E-state index contributed by atoms with van der Waals surface area (Å²) < 4.78 is 13.5. The molecule has 0 saturated carbocycles. The van der Waals surface area contributed by atoms with Gasteiger partial charge in [0.15, 0.2) is 0 Å². The lowest BCUT2D eigenvalue weighted by Crippen LogP contribution is -2.39. The molecule has 3 heteroatoms. The summed E-state index contributed by atoms with van der Waals surface area (Å²) in [6, 6.07) is 5.73. The lowest BCUT2D eigenvalue weighted by atomic mass is 9.99. The molecule has 0 radical (unpaired) electrons. The summed E-state index contributed by atoms with van der Waals surface area (Å²) in [7, 11) is 0. The standard InChI is InChI=1S/C14H21FN2/c1-2-13-5-3-4-6-17(13)14-8-11(10-16)7-12(15)9-14/h7-9,13H,2-6,10,16H2,1H3. The van der Waals surface area contributed by atoms with Crippen LogP contribution in [0.4, 0.5) is 10.1 Å². The Balaban J connectivity index is 2.27.